The van der Waals surface area contributed by atoms with Crippen molar-refractivity contribution < 1.29 is 5.11 Å². The summed E-state index contributed by atoms with van der Waals surface area (Å²) >= 11 is 1.78. The standard InChI is InChI=1S/C20H25N3OS/c1-16-8-9-25-20(16)14-22(11-17(2)24)13-19-10-21-15-23(19)12-18-6-4-3-5-7-18/h3-10,15,17,24H,11-14H2,1-2H3/t17-/m0/s1. The number of nitrogens with zero attached hydrogens (tertiary/aromatic N) is 3. The third-order valence-corrected chi connectivity index (χ3v) is 5.25. The van der Waals surface area contributed by atoms with Crippen LogP contribution in [0.15, 0.2) is 54.3 Å². The zero-order valence-corrected chi connectivity index (χ0v) is 15.6. The molecule has 2 aromatic heterocycles. The lowest BCUT2D eigenvalue weighted by molar-refractivity contribution is 0.117. The van der Waals surface area contributed by atoms with E-state index in [0.29, 0.717) is 6.54 Å². The number of aliphatic hydroxyl groups excluding tert-OH is 1. The van der Waals surface area contributed by atoms with Crippen LogP contribution in [-0.4, -0.2) is 32.2 Å². The van der Waals surface area contributed by atoms with Crippen LogP contribution in [0.5, 0.6) is 0 Å². The van der Waals surface area contributed by atoms with Gasteiger partial charge in [-0.25, -0.2) is 4.98 Å². The van der Waals surface area contributed by atoms with Gasteiger partial charge in [-0.2, -0.15) is 0 Å². The molecule has 2 heterocycles. The second kappa shape index (κ2) is 8.43. The van der Waals surface area contributed by atoms with Gasteiger partial charge < -0.3 is 9.67 Å². The van der Waals surface area contributed by atoms with E-state index in [2.05, 4.69) is 57.1 Å². The Labute approximate surface area is 153 Å². The minimum absolute atomic E-state index is 0.356. The predicted molar refractivity (Wildman–Crippen MR) is 103 cm³/mol. The topological polar surface area (TPSA) is 41.3 Å². The highest BCUT2D eigenvalue weighted by molar-refractivity contribution is 7.10. The molecule has 4 nitrogen and oxygen atoms in total. The summed E-state index contributed by atoms with van der Waals surface area (Å²) in [5.41, 5.74) is 3.75. The van der Waals surface area contributed by atoms with E-state index in [-0.39, 0.29) is 6.10 Å². The van der Waals surface area contributed by atoms with Crippen molar-refractivity contribution in [2.45, 2.75) is 39.6 Å². The van der Waals surface area contributed by atoms with Crippen LogP contribution in [0.25, 0.3) is 0 Å². The molecule has 0 spiro atoms. The molecule has 0 bridgehead atoms. The zero-order chi connectivity index (χ0) is 17.6. The molecule has 0 aliphatic heterocycles. The SMILES string of the molecule is Cc1ccsc1CN(Cc1cncn1Cc1ccccc1)C[C@H](C)O. The number of rotatable bonds is 8. The van der Waals surface area contributed by atoms with Crippen molar-refractivity contribution in [1.82, 2.24) is 14.5 Å². The van der Waals surface area contributed by atoms with Gasteiger partial charge in [-0.3, -0.25) is 4.90 Å². The van der Waals surface area contributed by atoms with Gasteiger partial charge >= 0.3 is 0 Å². The van der Waals surface area contributed by atoms with Gasteiger partial charge in [-0.05, 0) is 36.4 Å². The van der Waals surface area contributed by atoms with Crippen LogP contribution in [0, 0.1) is 6.92 Å². The summed E-state index contributed by atoms with van der Waals surface area (Å²) in [4.78, 5) is 7.99. The first-order chi connectivity index (χ1) is 12.1. The molecule has 0 amide bonds. The van der Waals surface area contributed by atoms with Crippen molar-refractivity contribution in [3.63, 3.8) is 0 Å². The summed E-state index contributed by atoms with van der Waals surface area (Å²) in [6.07, 6.45) is 3.46. The number of aryl methyl sites for hydroxylation is 1. The average molecular weight is 356 g/mol. The molecule has 0 aliphatic rings. The van der Waals surface area contributed by atoms with Crippen LogP contribution in [-0.2, 0) is 19.6 Å². The predicted octanol–water partition coefficient (Wildman–Crippen LogP) is 3.68. The molecular weight excluding hydrogens is 330 g/mol. The monoisotopic (exact) mass is 355 g/mol. The number of aromatic nitrogens is 2. The molecule has 25 heavy (non-hydrogen) atoms. The fraction of sp³-hybridized carbons (Fsp3) is 0.350. The fourth-order valence-electron chi connectivity index (χ4n) is 2.96. The van der Waals surface area contributed by atoms with Gasteiger partial charge in [-0.15, -0.1) is 11.3 Å². The van der Waals surface area contributed by atoms with Gasteiger partial charge in [0.15, 0.2) is 0 Å². The summed E-state index contributed by atoms with van der Waals surface area (Å²) in [5, 5.41) is 12.0. The smallest absolute Gasteiger partial charge is 0.0951 e. The first-order valence-corrected chi connectivity index (χ1v) is 9.46. The zero-order valence-electron chi connectivity index (χ0n) is 14.8. The summed E-state index contributed by atoms with van der Waals surface area (Å²) in [5.74, 6) is 0. The maximum atomic E-state index is 9.89. The molecule has 0 aliphatic carbocycles. The molecule has 1 aromatic carbocycles. The summed E-state index contributed by atoms with van der Waals surface area (Å²) in [6, 6.07) is 12.6. The molecule has 3 aromatic rings. The maximum absolute atomic E-state index is 9.89. The highest BCUT2D eigenvalue weighted by atomic mass is 32.1. The largest absolute Gasteiger partial charge is 0.392 e. The van der Waals surface area contributed by atoms with E-state index < -0.39 is 0 Å². The fourth-order valence-corrected chi connectivity index (χ4v) is 3.91. The third-order valence-electron chi connectivity index (χ3n) is 4.24. The van der Waals surface area contributed by atoms with E-state index in [9.17, 15) is 5.11 Å². The molecule has 3 rings (SSSR count). The maximum Gasteiger partial charge on any atom is 0.0951 e. The Bertz CT molecular complexity index is 779. The minimum atomic E-state index is -0.356. The lowest BCUT2D eigenvalue weighted by Crippen LogP contribution is -2.31. The van der Waals surface area contributed by atoms with Crippen LogP contribution < -0.4 is 0 Å². The molecule has 132 valence electrons. The van der Waals surface area contributed by atoms with E-state index in [0.717, 1.165) is 19.6 Å². The minimum Gasteiger partial charge on any atom is -0.392 e. The molecule has 5 heteroatoms. The Kier molecular flexibility index (Phi) is 6.02. The van der Waals surface area contributed by atoms with E-state index in [1.165, 1.54) is 21.7 Å². The van der Waals surface area contributed by atoms with Crippen LogP contribution in [0.4, 0.5) is 0 Å². The lowest BCUT2D eigenvalue weighted by Gasteiger charge is -2.24. The summed E-state index contributed by atoms with van der Waals surface area (Å²) in [7, 11) is 0. The second-order valence-corrected chi connectivity index (χ2v) is 7.54. The van der Waals surface area contributed by atoms with Crippen molar-refractivity contribution in [3.05, 3.63) is 76.0 Å². The Hall–Kier alpha value is -1.95. The Morgan fingerprint density at radius 1 is 1.20 bits per heavy atom. The van der Waals surface area contributed by atoms with Crippen molar-refractivity contribution >= 4 is 11.3 Å². The molecule has 0 radical (unpaired) electrons. The van der Waals surface area contributed by atoms with E-state index >= 15 is 0 Å². The van der Waals surface area contributed by atoms with Gasteiger partial charge in [0, 0.05) is 37.3 Å². The molecule has 1 atom stereocenters. The third kappa shape index (κ3) is 5.01. The number of thiophene rings is 1. The van der Waals surface area contributed by atoms with Gasteiger partial charge in [0.1, 0.15) is 0 Å². The summed E-state index contributed by atoms with van der Waals surface area (Å²) in [6.45, 7) is 7.08. The van der Waals surface area contributed by atoms with Gasteiger partial charge in [0.05, 0.1) is 18.1 Å². The van der Waals surface area contributed by atoms with Crippen molar-refractivity contribution in [2.75, 3.05) is 6.54 Å². The highest BCUT2D eigenvalue weighted by Gasteiger charge is 2.14. The van der Waals surface area contributed by atoms with Gasteiger partial charge in [-0.1, -0.05) is 30.3 Å². The van der Waals surface area contributed by atoms with Crippen LogP contribution in [0.1, 0.15) is 28.6 Å². The number of aliphatic hydroxyl groups is 1. The number of imidazole rings is 1. The number of benzene rings is 1. The molecule has 0 fully saturated rings. The molecule has 1 N–H and O–H groups in total. The molecular formula is C20H25N3OS. The van der Waals surface area contributed by atoms with E-state index in [4.69, 9.17) is 0 Å². The first-order valence-electron chi connectivity index (χ1n) is 8.58. The van der Waals surface area contributed by atoms with E-state index in [1.807, 2.05) is 25.5 Å². The number of hydrogen-bond acceptors (Lipinski definition) is 4. The molecule has 0 saturated heterocycles. The van der Waals surface area contributed by atoms with Gasteiger partial charge in [0.2, 0.25) is 0 Å². The summed E-state index contributed by atoms with van der Waals surface area (Å²) < 4.78 is 2.19. The van der Waals surface area contributed by atoms with Crippen LogP contribution >= 0.6 is 11.3 Å². The Morgan fingerprint density at radius 3 is 2.68 bits per heavy atom. The van der Waals surface area contributed by atoms with Crippen molar-refractivity contribution in [2.24, 2.45) is 0 Å². The number of hydrogen-bond donors (Lipinski definition) is 1. The molecule has 0 saturated carbocycles. The second-order valence-electron chi connectivity index (χ2n) is 6.54. The normalized spacial score (nSPS) is 12.6. The Balaban J connectivity index is 1.73. The van der Waals surface area contributed by atoms with Crippen molar-refractivity contribution in [3.8, 4) is 0 Å². The van der Waals surface area contributed by atoms with Crippen LogP contribution in [0.3, 0.4) is 0 Å². The quantitative estimate of drug-likeness (QED) is 0.670. The van der Waals surface area contributed by atoms with Gasteiger partial charge in [0.25, 0.3) is 0 Å². The lowest BCUT2D eigenvalue weighted by atomic mass is 10.2. The highest BCUT2D eigenvalue weighted by Crippen LogP contribution is 2.19. The van der Waals surface area contributed by atoms with E-state index in [1.54, 1.807) is 11.3 Å². The van der Waals surface area contributed by atoms with Crippen LogP contribution in [0.2, 0.25) is 0 Å². The van der Waals surface area contributed by atoms with Crippen molar-refractivity contribution in [1.29, 1.82) is 0 Å². The average Bonchev–Trinajstić information content (AvgIpc) is 3.18. The first kappa shape index (κ1) is 17.9. The Morgan fingerprint density at radius 2 is 2.00 bits per heavy atom. The molecule has 0 unspecified atom stereocenters.